The summed E-state index contributed by atoms with van der Waals surface area (Å²) >= 11 is 0. The Hall–Kier alpha value is -4.40. The van der Waals surface area contributed by atoms with Gasteiger partial charge in [0.25, 0.3) is 5.91 Å². The number of amides is 1. The van der Waals surface area contributed by atoms with E-state index in [1.165, 1.54) is 17.7 Å². The van der Waals surface area contributed by atoms with Crippen molar-refractivity contribution in [2.45, 2.75) is 38.5 Å². The van der Waals surface area contributed by atoms with Gasteiger partial charge in [0.1, 0.15) is 17.3 Å². The van der Waals surface area contributed by atoms with Gasteiger partial charge in [-0.1, -0.05) is 61.5 Å². The fourth-order valence-corrected chi connectivity index (χ4v) is 4.86. The zero-order chi connectivity index (χ0) is 28.8. The van der Waals surface area contributed by atoms with Crippen molar-refractivity contribution in [2.75, 3.05) is 6.54 Å². The van der Waals surface area contributed by atoms with E-state index in [0.717, 1.165) is 29.3 Å². The standard InChI is InChI=1S/C33H32F2N4O2/c1-2-22-7-6-8-23(13-22)18-36-19-31(40)29(16-24-14-27(34)17-28(35)15-24)38-33(41)26-11-12-32-37-30(21-39(32)20-26)25-9-4-3-5-10-25/h3-15,17,20-21,29,31,36,40H,2,16,18-19H2,1H3,(H,38,41). The molecule has 0 bridgehead atoms. The smallest absolute Gasteiger partial charge is 0.253 e. The maximum absolute atomic E-state index is 13.9. The normalized spacial score (nSPS) is 12.8. The zero-order valence-electron chi connectivity index (χ0n) is 22.7. The van der Waals surface area contributed by atoms with Crippen LogP contribution in [-0.2, 0) is 19.4 Å². The lowest BCUT2D eigenvalue weighted by atomic mass is 10.00. The molecule has 0 saturated heterocycles. The monoisotopic (exact) mass is 554 g/mol. The fourth-order valence-electron chi connectivity index (χ4n) is 4.86. The number of pyridine rings is 1. The second-order valence-electron chi connectivity index (χ2n) is 10.1. The molecule has 2 heterocycles. The molecule has 0 fully saturated rings. The van der Waals surface area contributed by atoms with Gasteiger partial charge in [-0.2, -0.15) is 0 Å². The van der Waals surface area contributed by atoms with Crippen molar-refractivity contribution in [1.82, 2.24) is 20.0 Å². The fraction of sp³-hybridized carbons (Fsp3) is 0.212. The number of carbonyl (C=O) groups is 1. The highest BCUT2D eigenvalue weighted by molar-refractivity contribution is 5.94. The Morgan fingerprint density at radius 1 is 0.902 bits per heavy atom. The number of hydrogen-bond acceptors (Lipinski definition) is 4. The number of aromatic nitrogens is 2. The first-order chi connectivity index (χ1) is 19.9. The summed E-state index contributed by atoms with van der Waals surface area (Å²) in [4.78, 5) is 18.0. The molecule has 5 rings (SSSR count). The predicted octanol–water partition coefficient (Wildman–Crippen LogP) is 5.33. The average molecular weight is 555 g/mol. The number of aliphatic hydroxyl groups is 1. The quantitative estimate of drug-likeness (QED) is 0.206. The van der Waals surface area contributed by atoms with E-state index < -0.39 is 29.7 Å². The number of carbonyl (C=O) groups excluding carboxylic acids is 1. The molecular formula is C33H32F2N4O2. The van der Waals surface area contributed by atoms with E-state index in [1.54, 1.807) is 22.7 Å². The van der Waals surface area contributed by atoms with E-state index in [0.29, 0.717) is 23.3 Å². The van der Waals surface area contributed by atoms with Crippen LogP contribution in [0.5, 0.6) is 0 Å². The third kappa shape index (κ3) is 7.22. The van der Waals surface area contributed by atoms with Crippen molar-refractivity contribution >= 4 is 11.6 Å². The van der Waals surface area contributed by atoms with E-state index in [2.05, 4.69) is 34.7 Å². The maximum Gasteiger partial charge on any atom is 0.253 e. The van der Waals surface area contributed by atoms with Crippen LogP contribution in [0.25, 0.3) is 16.9 Å². The molecule has 2 atom stereocenters. The van der Waals surface area contributed by atoms with Crippen LogP contribution in [0.3, 0.4) is 0 Å². The molecule has 6 nitrogen and oxygen atoms in total. The highest BCUT2D eigenvalue weighted by Crippen LogP contribution is 2.19. The number of aryl methyl sites for hydroxylation is 1. The van der Waals surface area contributed by atoms with Gasteiger partial charge in [0.2, 0.25) is 0 Å². The molecule has 210 valence electrons. The van der Waals surface area contributed by atoms with Gasteiger partial charge in [0, 0.05) is 37.1 Å². The Bertz CT molecular complexity index is 1620. The first kappa shape index (κ1) is 28.1. The summed E-state index contributed by atoms with van der Waals surface area (Å²) in [6, 6.07) is 23.7. The largest absolute Gasteiger partial charge is 0.390 e. The number of aliphatic hydroxyl groups excluding tert-OH is 1. The lowest BCUT2D eigenvalue weighted by Gasteiger charge is -2.25. The summed E-state index contributed by atoms with van der Waals surface area (Å²) in [5, 5.41) is 17.2. The zero-order valence-corrected chi connectivity index (χ0v) is 22.7. The lowest BCUT2D eigenvalue weighted by molar-refractivity contribution is 0.0829. The van der Waals surface area contributed by atoms with Gasteiger partial charge < -0.3 is 20.1 Å². The SMILES string of the molecule is CCc1cccc(CNCC(O)C(Cc2cc(F)cc(F)c2)NC(=O)c2ccc3nc(-c4ccccc4)cn3c2)c1. The summed E-state index contributed by atoms with van der Waals surface area (Å²) in [6.45, 7) is 2.78. The highest BCUT2D eigenvalue weighted by atomic mass is 19.1. The molecule has 3 aromatic carbocycles. The van der Waals surface area contributed by atoms with Crippen LogP contribution in [0.2, 0.25) is 0 Å². The molecular weight excluding hydrogens is 522 g/mol. The van der Waals surface area contributed by atoms with Gasteiger partial charge >= 0.3 is 0 Å². The molecule has 2 unspecified atom stereocenters. The number of fused-ring (bicyclic) bond motifs is 1. The van der Waals surface area contributed by atoms with Crippen molar-refractivity contribution in [2.24, 2.45) is 0 Å². The molecule has 0 radical (unpaired) electrons. The van der Waals surface area contributed by atoms with Crippen LogP contribution in [0.4, 0.5) is 8.78 Å². The van der Waals surface area contributed by atoms with Gasteiger partial charge in [-0.3, -0.25) is 4.79 Å². The van der Waals surface area contributed by atoms with Crippen molar-refractivity contribution in [3.8, 4) is 11.3 Å². The summed E-state index contributed by atoms with van der Waals surface area (Å²) in [5.74, 6) is -1.85. The second-order valence-corrected chi connectivity index (χ2v) is 10.1. The topological polar surface area (TPSA) is 78.7 Å². The Labute approximate surface area is 237 Å². The summed E-state index contributed by atoms with van der Waals surface area (Å²) < 4.78 is 29.6. The minimum atomic E-state index is -1.03. The van der Waals surface area contributed by atoms with Gasteiger partial charge in [-0.15, -0.1) is 0 Å². The number of hydrogen-bond donors (Lipinski definition) is 3. The Balaban J connectivity index is 1.32. The highest BCUT2D eigenvalue weighted by Gasteiger charge is 2.23. The number of nitrogens with one attached hydrogen (secondary N) is 2. The molecule has 2 aromatic heterocycles. The van der Waals surface area contributed by atoms with Gasteiger partial charge in [0.15, 0.2) is 0 Å². The van der Waals surface area contributed by atoms with Crippen LogP contribution in [0.1, 0.15) is 34.0 Å². The first-order valence-corrected chi connectivity index (χ1v) is 13.6. The van der Waals surface area contributed by atoms with E-state index >= 15 is 0 Å². The van der Waals surface area contributed by atoms with Crippen LogP contribution in [0, 0.1) is 11.6 Å². The summed E-state index contributed by atoms with van der Waals surface area (Å²) in [5.41, 5.74) is 5.41. The van der Waals surface area contributed by atoms with Crippen molar-refractivity contribution in [3.63, 3.8) is 0 Å². The van der Waals surface area contributed by atoms with Crippen LogP contribution in [0.15, 0.2) is 97.3 Å². The van der Waals surface area contributed by atoms with Crippen molar-refractivity contribution in [1.29, 1.82) is 0 Å². The molecule has 0 spiro atoms. The van der Waals surface area contributed by atoms with Gasteiger partial charge in [-0.05, 0) is 53.8 Å². The number of benzene rings is 3. The lowest BCUT2D eigenvalue weighted by Crippen LogP contribution is -2.48. The molecule has 8 heteroatoms. The van der Waals surface area contributed by atoms with Crippen molar-refractivity contribution < 1.29 is 18.7 Å². The third-order valence-electron chi connectivity index (χ3n) is 7.02. The molecule has 5 aromatic rings. The number of rotatable bonds is 11. The molecule has 41 heavy (non-hydrogen) atoms. The number of halogens is 2. The molecule has 0 aliphatic heterocycles. The Morgan fingerprint density at radius 2 is 1.66 bits per heavy atom. The van der Waals surface area contributed by atoms with Crippen LogP contribution >= 0.6 is 0 Å². The molecule has 3 N–H and O–H groups in total. The van der Waals surface area contributed by atoms with Crippen LogP contribution < -0.4 is 10.6 Å². The average Bonchev–Trinajstić information content (AvgIpc) is 3.40. The van der Waals surface area contributed by atoms with Gasteiger partial charge in [-0.25, -0.2) is 13.8 Å². The molecule has 0 saturated carbocycles. The maximum atomic E-state index is 13.9. The van der Waals surface area contributed by atoms with E-state index in [-0.39, 0.29) is 13.0 Å². The van der Waals surface area contributed by atoms with Crippen LogP contribution in [-0.4, -0.2) is 39.1 Å². The van der Waals surface area contributed by atoms with E-state index in [9.17, 15) is 18.7 Å². The van der Waals surface area contributed by atoms with E-state index in [1.807, 2.05) is 48.7 Å². The predicted molar refractivity (Wildman–Crippen MR) is 155 cm³/mol. The minimum Gasteiger partial charge on any atom is -0.390 e. The summed E-state index contributed by atoms with van der Waals surface area (Å²) in [7, 11) is 0. The number of imidazole rings is 1. The molecule has 1 amide bonds. The molecule has 0 aliphatic rings. The Morgan fingerprint density at radius 3 is 2.41 bits per heavy atom. The molecule has 0 aliphatic carbocycles. The summed E-state index contributed by atoms with van der Waals surface area (Å²) in [6.07, 6.45) is 3.46. The first-order valence-electron chi connectivity index (χ1n) is 13.6. The number of nitrogens with zero attached hydrogens (tertiary/aromatic N) is 2. The minimum absolute atomic E-state index is 0.0417. The van der Waals surface area contributed by atoms with Crippen molar-refractivity contribution in [3.05, 3.63) is 131 Å². The third-order valence-corrected chi connectivity index (χ3v) is 7.02. The Kier molecular flexibility index (Phi) is 8.82. The van der Waals surface area contributed by atoms with E-state index in [4.69, 9.17) is 0 Å². The van der Waals surface area contributed by atoms with Gasteiger partial charge in [0.05, 0.1) is 23.4 Å². The second kappa shape index (κ2) is 12.8.